The maximum absolute atomic E-state index is 12.6. The fraction of sp³-hybridized carbons (Fsp3) is 0.947. The van der Waals surface area contributed by atoms with Crippen molar-refractivity contribution in [2.45, 2.75) is 63.9 Å². The molecular weight excluding hydrogens is 274 g/mol. The summed E-state index contributed by atoms with van der Waals surface area (Å²) >= 11 is 0. The van der Waals surface area contributed by atoms with Gasteiger partial charge >= 0.3 is 6.09 Å². The van der Waals surface area contributed by atoms with E-state index >= 15 is 0 Å². The summed E-state index contributed by atoms with van der Waals surface area (Å²) < 4.78 is 6.18. The fourth-order valence-corrected chi connectivity index (χ4v) is 7.32. The van der Waals surface area contributed by atoms with Gasteiger partial charge in [-0.25, -0.2) is 4.79 Å². The predicted molar refractivity (Wildman–Crippen MR) is 84.3 cm³/mol. The lowest BCUT2D eigenvalue weighted by Crippen LogP contribution is -2.48. The van der Waals surface area contributed by atoms with Crippen LogP contribution in [0.1, 0.15) is 58.3 Å². The number of nitrogens with zero attached hydrogens (tertiary/aromatic N) is 1. The van der Waals surface area contributed by atoms with Crippen LogP contribution >= 0.6 is 0 Å². The summed E-state index contributed by atoms with van der Waals surface area (Å²) in [7, 11) is 0. The molecule has 1 heterocycles. The van der Waals surface area contributed by atoms with Gasteiger partial charge in [-0.05, 0) is 87.9 Å². The Morgan fingerprint density at radius 1 is 1.00 bits per heavy atom. The Morgan fingerprint density at radius 2 is 1.73 bits per heavy atom. The molecule has 3 nitrogen and oxygen atoms in total. The van der Waals surface area contributed by atoms with E-state index in [0.717, 1.165) is 61.9 Å². The van der Waals surface area contributed by atoms with Crippen LogP contribution in [0.3, 0.4) is 0 Å². The molecule has 4 bridgehead atoms. The van der Waals surface area contributed by atoms with E-state index in [0.29, 0.717) is 5.92 Å². The number of hydrogen-bond acceptors (Lipinski definition) is 2. The first kappa shape index (κ1) is 13.7. The molecule has 4 aliphatic carbocycles. The van der Waals surface area contributed by atoms with Crippen molar-refractivity contribution in [1.82, 2.24) is 4.90 Å². The summed E-state index contributed by atoms with van der Waals surface area (Å²) in [6.07, 6.45) is 10.4. The molecule has 5 fully saturated rings. The third-order valence-corrected chi connectivity index (χ3v) is 8.00. The van der Waals surface area contributed by atoms with Crippen LogP contribution in [0.15, 0.2) is 0 Å². The van der Waals surface area contributed by atoms with Crippen LogP contribution in [-0.2, 0) is 4.74 Å². The number of amides is 1. The fourth-order valence-electron chi connectivity index (χ4n) is 7.32. The minimum Gasteiger partial charge on any atom is -0.443 e. The van der Waals surface area contributed by atoms with Gasteiger partial charge in [0.2, 0.25) is 0 Å². The molecule has 7 unspecified atom stereocenters. The Morgan fingerprint density at radius 3 is 2.50 bits per heavy atom. The third-order valence-electron chi connectivity index (χ3n) is 8.00. The van der Waals surface area contributed by atoms with Crippen LogP contribution in [0.5, 0.6) is 0 Å². The predicted octanol–water partition coefficient (Wildman–Crippen LogP) is 4.07. The Balaban J connectivity index is 1.32. The van der Waals surface area contributed by atoms with Crippen molar-refractivity contribution in [3.8, 4) is 0 Å². The van der Waals surface area contributed by atoms with Crippen LogP contribution < -0.4 is 0 Å². The zero-order valence-corrected chi connectivity index (χ0v) is 13.8. The van der Waals surface area contributed by atoms with Gasteiger partial charge in [-0.2, -0.15) is 0 Å². The largest absolute Gasteiger partial charge is 0.443 e. The van der Waals surface area contributed by atoms with Gasteiger partial charge in [-0.1, -0.05) is 0 Å². The van der Waals surface area contributed by atoms with Crippen molar-refractivity contribution in [2.24, 2.45) is 35.5 Å². The van der Waals surface area contributed by atoms with Crippen LogP contribution in [0.25, 0.3) is 0 Å². The summed E-state index contributed by atoms with van der Waals surface area (Å²) in [6, 6.07) is 0. The number of rotatable bonds is 1. The standard InChI is InChI=1S/C19H29NO2/c1-19(22-18(21)20-7-3-2-4-8-20)11-14-10-15(19)17-13-6-5-12(9-13)16(14)17/h12-17H,2-11H2,1H3. The van der Waals surface area contributed by atoms with Crippen LogP contribution in [-0.4, -0.2) is 29.7 Å². The molecule has 1 saturated heterocycles. The molecule has 5 rings (SSSR count). The molecule has 122 valence electrons. The molecular formula is C19H29NO2. The molecule has 0 aromatic rings. The second-order valence-corrected chi connectivity index (χ2v) is 9.02. The van der Waals surface area contributed by atoms with E-state index in [2.05, 4.69) is 6.92 Å². The molecule has 0 aromatic heterocycles. The average Bonchev–Trinajstić information content (AvgIpc) is 3.25. The Bertz CT molecular complexity index is 486. The molecule has 0 N–H and O–H groups in total. The van der Waals surface area contributed by atoms with Gasteiger partial charge in [0.25, 0.3) is 0 Å². The Hall–Kier alpha value is -0.730. The summed E-state index contributed by atoms with van der Waals surface area (Å²) in [5.74, 6) is 5.36. The van der Waals surface area contributed by atoms with Crippen LogP contribution in [0.4, 0.5) is 4.79 Å². The minimum atomic E-state index is -0.162. The van der Waals surface area contributed by atoms with Gasteiger partial charge in [0.05, 0.1) is 0 Å². The van der Waals surface area contributed by atoms with E-state index < -0.39 is 0 Å². The average molecular weight is 303 g/mol. The van der Waals surface area contributed by atoms with E-state index in [4.69, 9.17) is 4.74 Å². The monoisotopic (exact) mass is 303 g/mol. The third kappa shape index (κ3) is 1.77. The lowest BCUT2D eigenvalue weighted by Gasteiger charge is -2.44. The molecule has 22 heavy (non-hydrogen) atoms. The summed E-state index contributed by atoms with van der Waals surface area (Å²) in [4.78, 5) is 14.5. The van der Waals surface area contributed by atoms with Crippen molar-refractivity contribution in [3.63, 3.8) is 0 Å². The summed E-state index contributed by atoms with van der Waals surface area (Å²) in [5.41, 5.74) is -0.162. The van der Waals surface area contributed by atoms with Gasteiger partial charge in [0.15, 0.2) is 0 Å². The first-order valence-corrected chi connectivity index (χ1v) is 9.64. The van der Waals surface area contributed by atoms with E-state index in [9.17, 15) is 4.79 Å². The molecule has 4 saturated carbocycles. The number of carbonyl (C=O) groups excluding carboxylic acids is 1. The smallest absolute Gasteiger partial charge is 0.410 e. The van der Waals surface area contributed by atoms with Crippen LogP contribution in [0.2, 0.25) is 0 Å². The Kier molecular flexibility index (Phi) is 2.89. The second kappa shape index (κ2) is 4.64. The van der Waals surface area contributed by atoms with Crippen molar-refractivity contribution in [2.75, 3.05) is 13.1 Å². The first-order valence-electron chi connectivity index (χ1n) is 9.64. The van der Waals surface area contributed by atoms with Crippen molar-refractivity contribution < 1.29 is 9.53 Å². The number of piperidine rings is 1. The maximum Gasteiger partial charge on any atom is 0.410 e. The van der Waals surface area contributed by atoms with Gasteiger partial charge in [-0.3, -0.25) is 0 Å². The van der Waals surface area contributed by atoms with E-state index in [-0.39, 0.29) is 11.7 Å². The molecule has 1 aliphatic heterocycles. The maximum atomic E-state index is 12.6. The van der Waals surface area contributed by atoms with E-state index in [1.807, 2.05) is 4.90 Å². The number of likely N-dealkylation sites (tertiary alicyclic amines) is 1. The zero-order valence-electron chi connectivity index (χ0n) is 13.8. The quantitative estimate of drug-likeness (QED) is 0.683. The van der Waals surface area contributed by atoms with Gasteiger partial charge < -0.3 is 9.64 Å². The summed E-state index contributed by atoms with van der Waals surface area (Å²) in [6.45, 7) is 4.06. The zero-order chi connectivity index (χ0) is 14.9. The second-order valence-electron chi connectivity index (χ2n) is 9.02. The molecule has 0 spiro atoms. The lowest BCUT2D eigenvalue weighted by atomic mass is 9.66. The number of carbonyl (C=O) groups is 1. The van der Waals surface area contributed by atoms with Crippen LogP contribution in [0, 0.1) is 35.5 Å². The number of fused-ring (bicyclic) bond motifs is 9. The van der Waals surface area contributed by atoms with Crippen molar-refractivity contribution in [3.05, 3.63) is 0 Å². The molecule has 7 atom stereocenters. The van der Waals surface area contributed by atoms with E-state index in [1.165, 1.54) is 32.1 Å². The molecule has 0 radical (unpaired) electrons. The Labute approximate surface area is 133 Å². The van der Waals surface area contributed by atoms with Gasteiger partial charge in [-0.15, -0.1) is 0 Å². The van der Waals surface area contributed by atoms with Crippen molar-refractivity contribution in [1.29, 1.82) is 0 Å². The molecule has 3 heteroatoms. The van der Waals surface area contributed by atoms with E-state index in [1.54, 1.807) is 0 Å². The lowest BCUT2D eigenvalue weighted by molar-refractivity contribution is -0.0717. The molecule has 1 amide bonds. The topological polar surface area (TPSA) is 29.5 Å². The highest BCUT2D eigenvalue weighted by molar-refractivity contribution is 5.68. The SMILES string of the molecule is CC1(OC(=O)N2CCCCC2)CC2CC1C1C3CCC(C3)C21. The highest BCUT2D eigenvalue weighted by Crippen LogP contribution is 2.70. The first-order chi connectivity index (χ1) is 10.7. The molecule has 5 aliphatic rings. The normalized spacial score (nSPS) is 52.1. The van der Waals surface area contributed by atoms with Crippen molar-refractivity contribution >= 4 is 6.09 Å². The number of hydrogen-bond donors (Lipinski definition) is 0. The number of ether oxygens (including phenoxy) is 1. The van der Waals surface area contributed by atoms with Gasteiger partial charge in [0.1, 0.15) is 5.60 Å². The minimum absolute atomic E-state index is 0.0190. The molecule has 0 aromatic carbocycles. The highest BCUT2D eigenvalue weighted by atomic mass is 16.6. The van der Waals surface area contributed by atoms with Gasteiger partial charge in [0, 0.05) is 19.0 Å². The highest BCUT2D eigenvalue weighted by Gasteiger charge is 2.67. The summed E-state index contributed by atoms with van der Waals surface area (Å²) in [5, 5.41) is 0.